The van der Waals surface area contributed by atoms with Crippen molar-refractivity contribution in [3.63, 3.8) is 0 Å². The predicted octanol–water partition coefficient (Wildman–Crippen LogP) is 0.306. The molecule has 0 unspecified atom stereocenters. The monoisotopic (exact) mass is 207 g/mol. The Kier molecular flexibility index (Phi) is 3.11. The maximum Gasteiger partial charge on any atom is 0.245 e. The van der Waals surface area contributed by atoms with Crippen LogP contribution in [-0.4, -0.2) is 40.9 Å². The lowest BCUT2D eigenvalue weighted by atomic mass is 10.0. The van der Waals surface area contributed by atoms with Crippen molar-refractivity contribution in [3.05, 3.63) is 12.4 Å². The molecule has 0 radical (unpaired) electrons. The van der Waals surface area contributed by atoms with Crippen LogP contribution in [0.1, 0.15) is 13.8 Å². The highest BCUT2D eigenvalue weighted by molar-refractivity contribution is 5.28. The summed E-state index contributed by atoms with van der Waals surface area (Å²) in [6, 6.07) is 0.516. The molecule has 0 amide bonds. The van der Waals surface area contributed by atoms with Gasteiger partial charge in [-0.15, -0.1) is 5.10 Å². The van der Waals surface area contributed by atoms with E-state index in [1.807, 2.05) is 0 Å². The molecule has 1 fully saturated rings. The summed E-state index contributed by atoms with van der Waals surface area (Å²) in [5.41, 5.74) is 0. The van der Waals surface area contributed by atoms with E-state index in [1.165, 1.54) is 0 Å². The van der Waals surface area contributed by atoms with Gasteiger partial charge in [-0.25, -0.2) is 4.98 Å². The van der Waals surface area contributed by atoms with Gasteiger partial charge in [0.25, 0.3) is 0 Å². The minimum atomic E-state index is 0.516. The standard InChI is InChI=1S/C10H17N5/c1-8(2)9-7-15(6-5-11-9)10-12-3-4-13-14-10/h3-4,8-9,11H,5-7H2,1-2H3/t9-/m1/s1. The van der Waals surface area contributed by atoms with Crippen molar-refractivity contribution in [1.29, 1.82) is 0 Å². The third-order valence-electron chi connectivity index (χ3n) is 2.76. The number of hydrogen-bond acceptors (Lipinski definition) is 5. The summed E-state index contributed by atoms with van der Waals surface area (Å²) in [5.74, 6) is 1.37. The van der Waals surface area contributed by atoms with Gasteiger partial charge >= 0.3 is 0 Å². The van der Waals surface area contributed by atoms with Crippen LogP contribution in [-0.2, 0) is 0 Å². The van der Waals surface area contributed by atoms with Gasteiger partial charge in [0.15, 0.2) is 0 Å². The molecule has 1 N–H and O–H groups in total. The van der Waals surface area contributed by atoms with Crippen LogP contribution in [0.3, 0.4) is 0 Å². The van der Waals surface area contributed by atoms with E-state index in [1.54, 1.807) is 12.4 Å². The van der Waals surface area contributed by atoms with Crippen LogP contribution in [0.2, 0.25) is 0 Å². The van der Waals surface area contributed by atoms with Crippen LogP contribution in [0.5, 0.6) is 0 Å². The van der Waals surface area contributed by atoms with Crippen molar-refractivity contribution >= 4 is 5.95 Å². The number of anilines is 1. The summed E-state index contributed by atoms with van der Waals surface area (Å²) in [6.07, 6.45) is 3.29. The molecule has 0 bridgehead atoms. The second-order valence-corrected chi connectivity index (χ2v) is 4.19. The number of piperazine rings is 1. The number of hydrogen-bond donors (Lipinski definition) is 1. The van der Waals surface area contributed by atoms with Gasteiger partial charge in [0, 0.05) is 25.7 Å². The van der Waals surface area contributed by atoms with E-state index >= 15 is 0 Å². The first-order valence-corrected chi connectivity index (χ1v) is 5.39. The van der Waals surface area contributed by atoms with Gasteiger partial charge in [-0.2, -0.15) is 5.10 Å². The summed E-state index contributed by atoms with van der Waals surface area (Å²) < 4.78 is 0. The van der Waals surface area contributed by atoms with Crippen molar-refractivity contribution in [3.8, 4) is 0 Å². The fourth-order valence-corrected chi connectivity index (χ4v) is 1.79. The topological polar surface area (TPSA) is 53.9 Å². The van der Waals surface area contributed by atoms with E-state index in [2.05, 4.69) is 39.2 Å². The van der Waals surface area contributed by atoms with Gasteiger partial charge in [-0.1, -0.05) is 13.8 Å². The molecular weight excluding hydrogens is 190 g/mol. The Morgan fingerprint density at radius 1 is 1.47 bits per heavy atom. The molecular formula is C10H17N5. The first-order chi connectivity index (χ1) is 7.27. The van der Waals surface area contributed by atoms with Gasteiger partial charge < -0.3 is 10.2 Å². The van der Waals surface area contributed by atoms with Gasteiger partial charge in [0.2, 0.25) is 5.95 Å². The molecule has 0 spiro atoms. The van der Waals surface area contributed by atoms with Crippen molar-refractivity contribution in [2.75, 3.05) is 24.5 Å². The smallest absolute Gasteiger partial charge is 0.245 e. The number of aromatic nitrogens is 3. The molecule has 5 heteroatoms. The summed E-state index contributed by atoms with van der Waals surface area (Å²) in [5, 5.41) is 11.4. The Bertz CT molecular complexity index is 300. The lowest BCUT2D eigenvalue weighted by Gasteiger charge is -2.35. The van der Waals surface area contributed by atoms with Crippen molar-refractivity contribution < 1.29 is 0 Å². The first-order valence-electron chi connectivity index (χ1n) is 5.39. The van der Waals surface area contributed by atoms with Crippen LogP contribution in [0.15, 0.2) is 12.4 Å². The molecule has 1 aliphatic rings. The largest absolute Gasteiger partial charge is 0.337 e. The Balaban J connectivity index is 2.05. The molecule has 1 aromatic rings. The molecule has 2 rings (SSSR count). The van der Waals surface area contributed by atoms with E-state index in [0.717, 1.165) is 25.6 Å². The minimum Gasteiger partial charge on any atom is -0.337 e. The Hall–Kier alpha value is -1.23. The van der Waals surface area contributed by atoms with Gasteiger partial charge in [-0.05, 0) is 5.92 Å². The molecule has 15 heavy (non-hydrogen) atoms. The highest BCUT2D eigenvalue weighted by Crippen LogP contribution is 2.12. The average molecular weight is 207 g/mol. The average Bonchev–Trinajstić information content (AvgIpc) is 2.30. The van der Waals surface area contributed by atoms with Crippen molar-refractivity contribution in [2.45, 2.75) is 19.9 Å². The second-order valence-electron chi connectivity index (χ2n) is 4.19. The van der Waals surface area contributed by atoms with Gasteiger partial charge in [0.1, 0.15) is 0 Å². The maximum absolute atomic E-state index is 4.22. The number of nitrogens with one attached hydrogen (secondary N) is 1. The van der Waals surface area contributed by atoms with Gasteiger partial charge in [0.05, 0.1) is 12.4 Å². The van der Waals surface area contributed by atoms with E-state index in [4.69, 9.17) is 0 Å². The lowest BCUT2D eigenvalue weighted by molar-refractivity contribution is 0.365. The maximum atomic E-state index is 4.22. The van der Waals surface area contributed by atoms with Gasteiger partial charge in [-0.3, -0.25) is 0 Å². The van der Waals surface area contributed by atoms with Crippen molar-refractivity contribution in [2.24, 2.45) is 5.92 Å². The number of nitrogens with zero attached hydrogens (tertiary/aromatic N) is 4. The van der Waals surface area contributed by atoms with Crippen LogP contribution in [0.25, 0.3) is 0 Å². The Morgan fingerprint density at radius 3 is 3.00 bits per heavy atom. The zero-order valence-electron chi connectivity index (χ0n) is 9.22. The highest BCUT2D eigenvalue weighted by atomic mass is 15.3. The molecule has 0 saturated carbocycles. The summed E-state index contributed by atoms with van der Waals surface area (Å²) >= 11 is 0. The van der Waals surface area contributed by atoms with E-state index in [0.29, 0.717) is 12.0 Å². The zero-order chi connectivity index (χ0) is 10.7. The molecule has 1 aromatic heterocycles. The minimum absolute atomic E-state index is 0.516. The molecule has 1 atom stereocenters. The lowest BCUT2D eigenvalue weighted by Crippen LogP contribution is -2.53. The summed E-state index contributed by atoms with van der Waals surface area (Å²) in [4.78, 5) is 6.41. The molecule has 0 aromatic carbocycles. The molecule has 1 saturated heterocycles. The van der Waals surface area contributed by atoms with Crippen molar-refractivity contribution in [1.82, 2.24) is 20.5 Å². The van der Waals surface area contributed by atoms with Crippen LogP contribution < -0.4 is 10.2 Å². The molecule has 2 heterocycles. The fourth-order valence-electron chi connectivity index (χ4n) is 1.79. The fraction of sp³-hybridized carbons (Fsp3) is 0.700. The summed E-state index contributed by atoms with van der Waals surface area (Å²) in [7, 11) is 0. The molecule has 1 aliphatic heterocycles. The zero-order valence-corrected chi connectivity index (χ0v) is 9.22. The SMILES string of the molecule is CC(C)[C@H]1CN(c2nccnn2)CCN1. The van der Waals surface area contributed by atoms with E-state index in [9.17, 15) is 0 Å². The highest BCUT2D eigenvalue weighted by Gasteiger charge is 2.23. The molecule has 82 valence electrons. The van der Waals surface area contributed by atoms with Crippen LogP contribution in [0, 0.1) is 5.92 Å². The van der Waals surface area contributed by atoms with E-state index < -0.39 is 0 Å². The molecule has 5 nitrogen and oxygen atoms in total. The predicted molar refractivity (Wildman–Crippen MR) is 58.7 cm³/mol. The molecule has 0 aliphatic carbocycles. The normalized spacial score (nSPS) is 22.1. The Labute approximate surface area is 89.9 Å². The second kappa shape index (κ2) is 4.53. The quantitative estimate of drug-likeness (QED) is 0.756. The first kappa shape index (κ1) is 10.3. The summed E-state index contributed by atoms with van der Waals surface area (Å²) in [6.45, 7) is 7.36. The van der Waals surface area contributed by atoms with Crippen LogP contribution >= 0.6 is 0 Å². The third kappa shape index (κ3) is 2.41. The third-order valence-corrected chi connectivity index (χ3v) is 2.76. The van der Waals surface area contributed by atoms with Crippen LogP contribution in [0.4, 0.5) is 5.95 Å². The Morgan fingerprint density at radius 2 is 2.33 bits per heavy atom. The number of rotatable bonds is 2. The van der Waals surface area contributed by atoms with E-state index in [-0.39, 0.29) is 0 Å².